The summed E-state index contributed by atoms with van der Waals surface area (Å²) in [6, 6.07) is 19.0. The highest BCUT2D eigenvalue weighted by Gasteiger charge is 2.31. The second-order valence-electron chi connectivity index (χ2n) is 9.40. The molecule has 1 saturated heterocycles. The summed E-state index contributed by atoms with van der Waals surface area (Å²) in [7, 11) is -7.98. The maximum absolute atomic E-state index is 13.6. The number of halogens is 1. The molecule has 38 heavy (non-hydrogen) atoms. The lowest BCUT2D eigenvalue weighted by atomic mass is 10.0. The molecule has 1 atom stereocenters. The molecule has 8 nitrogen and oxygen atoms in total. The minimum absolute atomic E-state index is 0.0115. The number of nitrogens with one attached hydrogen (secondary N) is 1. The van der Waals surface area contributed by atoms with E-state index in [1.54, 1.807) is 30.3 Å². The summed E-state index contributed by atoms with van der Waals surface area (Å²) in [6.07, 6.45) is 1.74. The van der Waals surface area contributed by atoms with Crippen LogP contribution in [0.25, 0.3) is 0 Å². The van der Waals surface area contributed by atoms with E-state index in [0.29, 0.717) is 24.3 Å². The predicted molar refractivity (Wildman–Crippen MR) is 143 cm³/mol. The maximum atomic E-state index is 13.6. The molecule has 4 rings (SSSR count). The molecule has 0 saturated carbocycles. The van der Waals surface area contributed by atoms with Crippen molar-refractivity contribution in [3.8, 4) is 0 Å². The number of benzene rings is 3. The second-order valence-corrected chi connectivity index (χ2v) is 13.3. The van der Waals surface area contributed by atoms with Gasteiger partial charge in [0.05, 0.1) is 16.3 Å². The van der Waals surface area contributed by atoms with Gasteiger partial charge >= 0.3 is 0 Å². The lowest BCUT2D eigenvalue weighted by Crippen LogP contribution is -2.39. The average molecular weight is 560 g/mol. The Kier molecular flexibility index (Phi) is 8.61. The number of sulfonamides is 2. The van der Waals surface area contributed by atoms with E-state index in [1.165, 1.54) is 52.8 Å². The van der Waals surface area contributed by atoms with Crippen molar-refractivity contribution in [2.45, 2.75) is 36.1 Å². The molecular formula is C27H30FN3O5S2. The highest BCUT2D eigenvalue weighted by Crippen LogP contribution is 2.26. The van der Waals surface area contributed by atoms with E-state index >= 15 is 0 Å². The van der Waals surface area contributed by atoms with Crippen LogP contribution in [0.2, 0.25) is 0 Å². The summed E-state index contributed by atoms with van der Waals surface area (Å²) in [5.74, 6) is -0.773. The highest BCUT2D eigenvalue weighted by molar-refractivity contribution is 7.89. The van der Waals surface area contributed by atoms with Crippen molar-refractivity contribution in [3.05, 3.63) is 90.2 Å². The molecule has 1 amide bonds. The summed E-state index contributed by atoms with van der Waals surface area (Å²) in [6.45, 7) is 2.16. The second kappa shape index (κ2) is 11.7. The van der Waals surface area contributed by atoms with Crippen LogP contribution in [0, 0.1) is 11.7 Å². The van der Waals surface area contributed by atoms with E-state index < -0.39 is 38.3 Å². The standard InChI is InChI=1S/C27H30FN3O5S2/c1-21-6-5-17-30(18-21)37(33,34)25-13-15-26(16-14-25)38(35,36)31(19-22-9-11-23(28)12-10-22)20-27(32)29-24-7-3-2-4-8-24/h2-4,7-16,21H,5-6,17-20H2,1H3,(H,29,32)/t21-/m0/s1. The van der Waals surface area contributed by atoms with Gasteiger partial charge in [0.25, 0.3) is 0 Å². The number of hydrogen-bond acceptors (Lipinski definition) is 5. The van der Waals surface area contributed by atoms with Crippen LogP contribution < -0.4 is 5.32 Å². The minimum Gasteiger partial charge on any atom is -0.325 e. The molecular weight excluding hydrogens is 529 g/mol. The topological polar surface area (TPSA) is 104 Å². The fourth-order valence-corrected chi connectivity index (χ4v) is 7.33. The van der Waals surface area contributed by atoms with Gasteiger partial charge in [-0.15, -0.1) is 0 Å². The summed E-state index contributed by atoms with van der Waals surface area (Å²) >= 11 is 0. The summed E-state index contributed by atoms with van der Waals surface area (Å²) < 4.78 is 69.2. The third-order valence-corrected chi connectivity index (χ3v) is 10.1. The van der Waals surface area contributed by atoms with Gasteiger partial charge in [-0.25, -0.2) is 21.2 Å². The van der Waals surface area contributed by atoms with Crippen molar-refractivity contribution in [1.29, 1.82) is 0 Å². The smallest absolute Gasteiger partial charge is 0.243 e. The van der Waals surface area contributed by atoms with E-state index in [9.17, 15) is 26.0 Å². The van der Waals surface area contributed by atoms with Crippen molar-refractivity contribution < 1.29 is 26.0 Å². The van der Waals surface area contributed by atoms with Crippen LogP contribution in [0.3, 0.4) is 0 Å². The molecule has 1 fully saturated rings. The van der Waals surface area contributed by atoms with E-state index in [4.69, 9.17) is 0 Å². The molecule has 1 aliphatic rings. The average Bonchev–Trinajstić information content (AvgIpc) is 2.90. The zero-order chi connectivity index (χ0) is 27.3. The molecule has 202 valence electrons. The summed E-state index contributed by atoms with van der Waals surface area (Å²) in [4.78, 5) is 12.6. The van der Waals surface area contributed by atoms with Crippen molar-refractivity contribution in [2.24, 2.45) is 5.92 Å². The number of carbonyl (C=O) groups is 1. The Labute approximate surface area is 223 Å². The number of hydrogen-bond donors (Lipinski definition) is 1. The van der Waals surface area contributed by atoms with Gasteiger partial charge in [0.15, 0.2) is 0 Å². The molecule has 0 aromatic heterocycles. The fraction of sp³-hybridized carbons (Fsp3) is 0.296. The van der Waals surface area contributed by atoms with Gasteiger partial charge in [0.1, 0.15) is 5.82 Å². The highest BCUT2D eigenvalue weighted by atomic mass is 32.2. The Morgan fingerprint density at radius 3 is 2.21 bits per heavy atom. The number of rotatable bonds is 9. The van der Waals surface area contributed by atoms with Crippen molar-refractivity contribution in [3.63, 3.8) is 0 Å². The van der Waals surface area contributed by atoms with Crippen LogP contribution in [-0.2, 0) is 31.4 Å². The zero-order valence-electron chi connectivity index (χ0n) is 21.0. The Bertz CT molecular complexity index is 1460. The van der Waals surface area contributed by atoms with Crippen LogP contribution in [0.4, 0.5) is 10.1 Å². The number of nitrogens with zero attached hydrogens (tertiary/aromatic N) is 2. The first kappa shape index (κ1) is 27.9. The van der Waals surface area contributed by atoms with Gasteiger partial charge in [-0.3, -0.25) is 4.79 Å². The molecule has 0 spiro atoms. The van der Waals surface area contributed by atoms with Crippen LogP contribution in [0.5, 0.6) is 0 Å². The molecule has 1 heterocycles. The fourth-order valence-electron chi connectivity index (χ4n) is 4.35. The number of carbonyl (C=O) groups excluding carboxylic acids is 1. The zero-order valence-corrected chi connectivity index (χ0v) is 22.6. The lowest BCUT2D eigenvalue weighted by molar-refractivity contribution is -0.116. The normalized spacial score (nSPS) is 16.9. The molecule has 0 bridgehead atoms. The molecule has 0 radical (unpaired) electrons. The Morgan fingerprint density at radius 1 is 0.947 bits per heavy atom. The number of piperidine rings is 1. The van der Waals surface area contributed by atoms with Crippen molar-refractivity contribution in [2.75, 3.05) is 25.0 Å². The van der Waals surface area contributed by atoms with Crippen LogP contribution in [0.15, 0.2) is 88.7 Å². The van der Waals surface area contributed by atoms with Gasteiger partial charge in [-0.2, -0.15) is 8.61 Å². The van der Waals surface area contributed by atoms with Gasteiger partial charge in [0, 0.05) is 25.3 Å². The van der Waals surface area contributed by atoms with Crippen molar-refractivity contribution >= 4 is 31.6 Å². The first-order valence-corrected chi connectivity index (χ1v) is 15.1. The van der Waals surface area contributed by atoms with Crippen molar-refractivity contribution in [1.82, 2.24) is 8.61 Å². The first-order valence-electron chi connectivity index (χ1n) is 12.3. The van der Waals surface area contributed by atoms with Gasteiger partial charge in [-0.05, 0) is 72.9 Å². The van der Waals surface area contributed by atoms with Crippen LogP contribution in [0.1, 0.15) is 25.3 Å². The van der Waals surface area contributed by atoms with Gasteiger partial charge in [-0.1, -0.05) is 37.3 Å². The van der Waals surface area contributed by atoms with E-state index in [1.807, 2.05) is 6.92 Å². The third kappa shape index (κ3) is 6.65. The Morgan fingerprint density at radius 2 is 1.58 bits per heavy atom. The SMILES string of the molecule is C[C@H]1CCCN(S(=O)(=O)c2ccc(S(=O)(=O)N(CC(=O)Nc3ccccc3)Cc3ccc(F)cc3)cc2)C1. The Hall–Kier alpha value is -3.12. The summed E-state index contributed by atoms with van der Waals surface area (Å²) in [5.41, 5.74) is 0.999. The van der Waals surface area contributed by atoms with Gasteiger partial charge in [0.2, 0.25) is 26.0 Å². The maximum Gasteiger partial charge on any atom is 0.243 e. The predicted octanol–water partition coefficient (Wildman–Crippen LogP) is 4.08. The van der Waals surface area contributed by atoms with Crippen LogP contribution in [-0.4, -0.2) is 51.0 Å². The first-order chi connectivity index (χ1) is 18.1. The molecule has 11 heteroatoms. The van der Waals surface area contributed by atoms with E-state index in [-0.39, 0.29) is 22.3 Å². The molecule has 3 aromatic carbocycles. The Balaban J connectivity index is 1.59. The van der Waals surface area contributed by atoms with E-state index in [0.717, 1.165) is 17.1 Å². The quantitative estimate of drug-likeness (QED) is 0.426. The minimum atomic E-state index is -4.22. The molecule has 3 aromatic rings. The summed E-state index contributed by atoms with van der Waals surface area (Å²) in [5, 5.41) is 2.67. The number of para-hydroxylation sites is 1. The largest absolute Gasteiger partial charge is 0.325 e. The van der Waals surface area contributed by atoms with Gasteiger partial charge < -0.3 is 5.32 Å². The lowest BCUT2D eigenvalue weighted by Gasteiger charge is -2.30. The van der Waals surface area contributed by atoms with Crippen LogP contribution >= 0.6 is 0 Å². The molecule has 0 unspecified atom stereocenters. The monoisotopic (exact) mass is 559 g/mol. The molecule has 1 aliphatic heterocycles. The number of amides is 1. The third-order valence-electron chi connectivity index (χ3n) is 6.37. The molecule has 1 N–H and O–H groups in total. The number of anilines is 1. The molecule has 0 aliphatic carbocycles. The van der Waals surface area contributed by atoms with E-state index in [2.05, 4.69) is 5.32 Å².